The molecular formula is C12H16N6O. The highest BCUT2D eigenvalue weighted by Crippen LogP contribution is 2.07. The van der Waals surface area contributed by atoms with Crippen molar-refractivity contribution < 1.29 is 4.79 Å². The van der Waals surface area contributed by atoms with Gasteiger partial charge in [0.2, 0.25) is 0 Å². The zero-order valence-electron chi connectivity index (χ0n) is 10.6. The van der Waals surface area contributed by atoms with Gasteiger partial charge in [-0.15, -0.1) is 0 Å². The van der Waals surface area contributed by atoms with E-state index in [1.807, 2.05) is 7.05 Å². The Balaban J connectivity index is 1.83. The van der Waals surface area contributed by atoms with Gasteiger partial charge < -0.3 is 10.7 Å². The summed E-state index contributed by atoms with van der Waals surface area (Å²) in [7, 11) is 1.81. The lowest BCUT2D eigenvalue weighted by atomic mass is 10.2. The molecule has 1 aromatic heterocycles. The molecule has 0 saturated carbocycles. The van der Waals surface area contributed by atoms with Crippen molar-refractivity contribution in [2.24, 2.45) is 12.9 Å². The van der Waals surface area contributed by atoms with Crippen LogP contribution in [0.25, 0.3) is 0 Å². The molecule has 1 amide bonds. The summed E-state index contributed by atoms with van der Waals surface area (Å²) in [6, 6.07) is 6.91. The van der Waals surface area contributed by atoms with Gasteiger partial charge in [0.1, 0.15) is 6.33 Å². The number of carbonyl (C=O) groups excluding carboxylic acids is 1. The summed E-state index contributed by atoms with van der Waals surface area (Å²) in [5.74, 6) is 5.84. The van der Waals surface area contributed by atoms with Crippen LogP contribution in [-0.2, 0) is 13.5 Å². The van der Waals surface area contributed by atoms with E-state index < -0.39 is 0 Å². The molecule has 19 heavy (non-hydrogen) atoms. The number of hydrogen-bond acceptors (Lipinski definition) is 5. The minimum absolute atomic E-state index is 0.125. The standard InChI is InChI=1S/C12H16N6O/c1-18-8-15-11(17-18)6-7-14-12(19)9-2-4-10(16-13)5-3-9/h2-5,8,16H,6-7,13H2,1H3,(H,14,19). The summed E-state index contributed by atoms with van der Waals surface area (Å²) in [6.45, 7) is 0.500. The van der Waals surface area contributed by atoms with Crippen molar-refractivity contribution in [3.63, 3.8) is 0 Å². The second-order valence-electron chi connectivity index (χ2n) is 4.06. The predicted octanol–water partition coefficient (Wildman–Crippen LogP) is 0.0732. The fraction of sp³-hybridized carbons (Fsp3) is 0.250. The summed E-state index contributed by atoms with van der Waals surface area (Å²) in [5.41, 5.74) is 3.86. The third-order valence-electron chi connectivity index (χ3n) is 2.59. The summed E-state index contributed by atoms with van der Waals surface area (Å²) in [5, 5.41) is 6.95. The maximum absolute atomic E-state index is 11.8. The van der Waals surface area contributed by atoms with Gasteiger partial charge in [-0.05, 0) is 24.3 Å². The van der Waals surface area contributed by atoms with Crippen molar-refractivity contribution in [3.05, 3.63) is 42.0 Å². The first-order chi connectivity index (χ1) is 9.19. The maximum Gasteiger partial charge on any atom is 0.251 e. The SMILES string of the molecule is Cn1cnc(CCNC(=O)c2ccc(NN)cc2)n1. The van der Waals surface area contributed by atoms with Crippen LogP contribution in [0.3, 0.4) is 0 Å². The molecular weight excluding hydrogens is 244 g/mol. The number of hydrogen-bond donors (Lipinski definition) is 3. The van der Waals surface area contributed by atoms with E-state index in [4.69, 9.17) is 5.84 Å². The molecule has 0 aliphatic carbocycles. The Hall–Kier alpha value is -2.41. The molecule has 2 rings (SSSR count). The Bertz CT molecular complexity index is 548. The number of anilines is 1. The number of benzene rings is 1. The molecule has 0 atom stereocenters. The highest BCUT2D eigenvalue weighted by Gasteiger charge is 2.05. The van der Waals surface area contributed by atoms with Gasteiger partial charge in [-0.2, -0.15) is 5.10 Å². The monoisotopic (exact) mass is 260 g/mol. The molecule has 1 aromatic carbocycles. The molecule has 4 N–H and O–H groups in total. The van der Waals surface area contributed by atoms with Crippen molar-refractivity contribution in [2.75, 3.05) is 12.0 Å². The third kappa shape index (κ3) is 3.52. The normalized spacial score (nSPS) is 10.2. The van der Waals surface area contributed by atoms with Crippen LogP contribution < -0.4 is 16.6 Å². The number of aryl methyl sites for hydroxylation is 1. The largest absolute Gasteiger partial charge is 0.352 e. The quantitative estimate of drug-likeness (QED) is 0.522. The zero-order valence-corrected chi connectivity index (χ0v) is 10.6. The van der Waals surface area contributed by atoms with Crippen LogP contribution >= 0.6 is 0 Å². The first-order valence-corrected chi connectivity index (χ1v) is 5.88. The molecule has 0 saturated heterocycles. The van der Waals surface area contributed by atoms with Crippen LogP contribution in [0.2, 0.25) is 0 Å². The van der Waals surface area contributed by atoms with Crippen molar-refractivity contribution >= 4 is 11.6 Å². The van der Waals surface area contributed by atoms with Gasteiger partial charge in [0.25, 0.3) is 5.91 Å². The number of nitrogens with one attached hydrogen (secondary N) is 2. The number of carbonyl (C=O) groups is 1. The summed E-state index contributed by atoms with van der Waals surface area (Å²) >= 11 is 0. The Labute approximate surface area is 110 Å². The molecule has 100 valence electrons. The van der Waals surface area contributed by atoms with Gasteiger partial charge in [-0.3, -0.25) is 15.3 Å². The minimum atomic E-state index is -0.125. The number of hydrazine groups is 1. The van der Waals surface area contributed by atoms with Gasteiger partial charge in [0, 0.05) is 31.3 Å². The highest BCUT2D eigenvalue weighted by molar-refractivity contribution is 5.94. The smallest absolute Gasteiger partial charge is 0.251 e. The second-order valence-corrected chi connectivity index (χ2v) is 4.06. The van der Waals surface area contributed by atoms with Gasteiger partial charge in [0.05, 0.1) is 0 Å². The van der Waals surface area contributed by atoms with Crippen molar-refractivity contribution in [2.45, 2.75) is 6.42 Å². The highest BCUT2D eigenvalue weighted by atomic mass is 16.1. The van der Waals surface area contributed by atoms with Crippen LogP contribution in [0, 0.1) is 0 Å². The van der Waals surface area contributed by atoms with E-state index in [1.54, 1.807) is 35.3 Å². The van der Waals surface area contributed by atoms with E-state index in [-0.39, 0.29) is 5.91 Å². The Morgan fingerprint density at radius 1 is 1.37 bits per heavy atom. The molecule has 0 bridgehead atoms. The molecule has 0 aliphatic heterocycles. The van der Waals surface area contributed by atoms with Gasteiger partial charge in [-0.1, -0.05) is 0 Å². The second kappa shape index (κ2) is 5.96. The Kier molecular flexibility index (Phi) is 4.09. The van der Waals surface area contributed by atoms with Gasteiger partial charge in [0.15, 0.2) is 5.82 Å². The molecule has 2 aromatic rings. The first-order valence-electron chi connectivity index (χ1n) is 5.88. The van der Waals surface area contributed by atoms with Crippen LogP contribution in [0.4, 0.5) is 5.69 Å². The minimum Gasteiger partial charge on any atom is -0.352 e. The Morgan fingerprint density at radius 2 is 2.11 bits per heavy atom. The molecule has 1 heterocycles. The fourth-order valence-electron chi connectivity index (χ4n) is 1.61. The zero-order chi connectivity index (χ0) is 13.7. The predicted molar refractivity (Wildman–Crippen MR) is 71.3 cm³/mol. The molecule has 0 radical (unpaired) electrons. The van der Waals surface area contributed by atoms with E-state index in [1.165, 1.54) is 0 Å². The maximum atomic E-state index is 11.8. The first kappa shape index (κ1) is 13.0. The third-order valence-corrected chi connectivity index (χ3v) is 2.59. The lowest BCUT2D eigenvalue weighted by molar-refractivity contribution is 0.0954. The van der Waals surface area contributed by atoms with E-state index in [0.29, 0.717) is 24.4 Å². The van der Waals surface area contributed by atoms with E-state index >= 15 is 0 Å². The van der Waals surface area contributed by atoms with Crippen LogP contribution in [-0.4, -0.2) is 27.2 Å². The topological polar surface area (TPSA) is 97.9 Å². The summed E-state index contributed by atoms with van der Waals surface area (Å²) in [4.78, 5) is 15.9. The lowest BCUT2D eigenvalue weighted by Gasteiger charge is -2.05. The lowest BCUT2D eigenvalue weighted by Crippen LogP contribution is -2.26. The van der Waals surface area contributed by atoms with E-state index in [9.17, 15) is 4.79 Å². The van der Waals surface area contributed by atoms with Crippen molar-refractivity contribution in [1.29, 1.82) is 0 Å². The van der Waals surface area contributed by atoms with Crippen LogP contribution in [0.5, 0.6) is 0 Å². The molecule has 0 fully saturated rings. The number of nitrogens with two attached hydrogens (primary N) is 1. The fourth-order valence-corrected chi connectivity index (χ4v) is 1.61. The molecule has 7 nitrogen and oxygen atoms in total. The Morgan fingerprint density at radius 3 is 2.68 bits per heavy atom. The molecule has 7 heteroatoms. The van der Waals surface area contributed by atoms with Gasteiger partial charge >= 0.3 is 0 Å². The number of rotatable bonds is 5. The van der Waals surface area contributed by atoms with Crippen molar-refractivity contribution in [3.8, 4) is 0 Å². The number of nitrogen functional groups attached to an aromatic ring is 1. The number of aromatic nitrogens is 3. The van der Waals surface area contributed by atoms with E-state index in [2.05, 4.69) is 20.8 Å². The number of nitrogens with zero attached hydrogens (tertiary/aromatic N) is 3. The molecule has 0 unspecified atom stereocenters. The van der Waals surface area contributed by atoms with Crippen LogP contribution in [0.1, 0.15) is 16.2 Å². The molecule has 0 aliphatic rings. The summed E-state index contributed by atoms with van der Waals surface area (Å²) < 4.78 is 1.63. The molecule has 0 spiro atoms. The van der Waals surface area contributed by atoms with Crippen LogP contribution in [0.15, 0.2) is 30.6 Å². The average molecular weight is 260 g/mol. The average Bonchev–Trinajstić information content (AvgIpc) is 2.84. The van der Waals surface area contributed by atoms with Gasteiger partial charge in [-0.25, -0.2) is 4.98 Å². The van der Waals surface area contributed by atoms with Crippen molar-refractivity contribution in [1.82, 2.24) is 20.1 Å². The number of amides is 1. The van der Waals surface area contributed by atoms with E-state index in [0.717, 1.165) is 5.69 Å². The summed E-state index contributed by atoms with van der Waals surface area (Å²) in [6.07, 6.45) is 2.24.